The zero-order valence-corrected chi connectivity index (χ0v) is 11.7. The molecule has 1 rings (SSSR count). The van der Waals surface area contributed by atoms with Crippen LogP contribution in [0.4, 0.5) is 0 Å². The normalized spacial score (nSPS) is 11.7. The van der Waals surface area contributed by atoms with Crippen LogP contribution in [0.1, 0.15) is 18.9 Å². The molecule has 106 valence electrons. The standard InChI is InChI=1S/C12H17NO5S/c1-3-13(18-2)19(16,17)11-7-4-10(5-8-11)6-9-12(14)15/h4-5,7-8H,3,6,9H2,1-2H3,(H,14,15). The van der Waals surface area contributed by atoms with E-state index in [4.69, 9.17) is 9.94 Å². The van der Waals surface area contributed by atoms with Crippen molar-refractivity contribution in [3.63, 3.8) is 0 Å². The van der Waals surface area contributed by atoms with Gasteiger partial charge in [-0.2, -0.15) is 0 Å². The van der Waals surface area contributed by atoms with E-state index < -0.39 is 16.0 Å². The number of carbonyl (C=O) groups is 1. The molecule has 0 atom stereocenters. The maximum atomic E-state index is 12.1. The Balaban J connectivity index is 2.89. The molecule has 0 aliphatic rings. The lowest BCUT2D eigenvalue weighted by Gasteiger charge is -2.17. The van der Waals surface area contributed by atoms with E-state index in [1.165, 1.54) is 19.2 Å². The second-order valence-corrected chi connectivity index (χ2v) is 5.67. The number of sulfonamides is 1. The first kappa shape index (κ1) is 15.6. The van der Waals surface area contributed by atoms with Crippen molar-refractivity contribution >= 4 is 16.0 Å². The quantitative estimate of drug-likeness (QED) is 0.764. The molecule has 0 unspecified atom stereocenters. The predicted molar refractivity (Wildman–Crippen MR) is 69.0 cm³/mol. The van der Waals surface area contributed by atoms with Crippen LogP contribution in [0.2, 0.25) is 0 Å². The first-order valence-electron chi connectivity index (χ1n) is 5.79. The van der Waals surface area contributed by atoms with Gasteiger partial charge in [-0.3, -0.25) is 9.63 Å². The van der Waals surface area contributed by atoms with Crippen molar-refractivity contribution < 1.29 is 23.2 Å². The van der Waals surface area contributed by atoms with Gasteiger partial charge in [-0.15, -0.1) is 0 Å². The van der Waals surface area contributed by atoms with Crippen LogP contribution in [0, 0.1) is 0 Å². The number of hydrogen-bond acceptors (Lipinski definition) is 4. The van der Waals surface area contributed by atoms with Gasteiger partial charge in [-0.25, -0.2) is 8.42 Å². The summed E-state index contributed by atoms with van der Waals surface area (Å²) in [5, 5.41) is 8.58. The number of hydroxylamine groups is 1. The van der Waals surface area contributed by atoms with Crippen molar-refractivity contribution in [1.29, 1.82) is 0 Å². The van der Waals surface area contributed by atoms with Gasteiger partial charge >= 0.3 is 5.97 Å². The van der Waals surface area contributed by atoms with Gasteiger partial charge in [0.25, 0.3) is 10.0 Å². The summed E-state index contributed by atoms with van der Waals surface area (Å²) in [6.45, 7) is 1.88. The number of hydrogen-bond donors (Lipinski definition) is 1. The molecule has 0 saturated heterocycles. The largest absolute Gasteiger partial charge is 0.481 e. The highest BCUT2D eigenvalue weighted by Gasteiger charge is 2.22. The van der Waals surface area contributed by atoms with Gasteiger partial charge < -0.3 is 5.11 Å². The average Bonchev–Trinajstić information content (AvgIpc) is 2.38. The minimum Gasteiger partial charge on any atom is -0.481 e. The topological polar surface area (TPSA) is 83.9 Å². The third-order valence-corrected chi connectivity index (χ3v) is 4.39. The summed E-state index contributed by atoms with van der Waals surface area (Å²) in [5.74, 6) is -0.881. The lowest BCUT2D eigenvalue weighted by atomic mass is 10.1. The zero-order chi connectivity index (χ0) is 14.5. The van der Waals surface area contributed by atoms with Gasteiger partial charge in [-0.05, 0) is 31.0 Å². The molecular formula is C12H17NO5S. The van der Waals surface area contributed by atoms with Crippen LogP contribution in [-0.4, -0.2) is 37.6 Å². The van der Waals surface area contributed by atoms with E-state index in [0.29, 0.717) is 6.42 Å². The van der Waals surface area contributed by atoms with Crippen molar-refractivity contribution in [1.82, 2.24) is 4.47 Å². The van der Waals surface area contributed by atoms with Crippen molar-refractivity contribution in [3.05, 3.63) is 29.8 Å². The van der Waals surface area contributed by atoms with Gasteiger partial charge in [0.1, 0.15) is 0 Å². The van der Waals surface area contributed by atoms with Crippen molar-refractivity contribution in [2.75, 3.05) is 13.7 Å². The van der Waals surface area contributed by atoms with Crippen LogP contribution >= 0.6 is 0 Å². The Morgan fingerprint density at radius 2 is 1.89 bits per heavy atom. The molecule has 0 fully saturated rings. The van der Waals surface area contributed by atoms with Gasteiger partial charge in [-0.1, -0.05) is 16.6 Å². The molecule has 0 radical (unpaired) electrons. The SMILES string of the molecule is CCN(OC)S(=O)(=O)c1ccc(CCC(=O)O)cc1. The highest BCUT2D eigenvalue weighted by atomic mass is 32.2. The lowest BCUT2D eigenvalue weighted by Crippen LogP contribution is -2.29. The van der Waals surface area contributed by atoms with E-state index in [-0.39, 0.29) is 17.9 Å². The lowest BCUT2D eigenvalue weighted by molar-refractivity contribution is -0.136. The highest BCUT2D eigenvalue weighted by molar-refractivity contribution is 7.89. The molecule has 0 aromatic heterocycles. The third kappa shape index (κ3) is 4.02. The number of carboxylic acid groups (broad SMARTS) is 1. The Morgan fingerprint density at radius 3 is 2.32 bits per heavy atom. The number of aliphatic carboxylic acids is 1. The summed E-state index contributed by atoms with van der Waals surface area (Å²) in [5.41, 5.74) is 0.779. The predicted octanol–water partition coefficient (Wildman–Crippen LogP) is 1.28. The second kappa shape index (κ2) is 6.65. The minimum absolute atomic E-state index is 0.0191. The van der Waals surface area contributed by atoms with Crippen LogP contribution in [0.5, 0.6) is 0 Å². The summed E-state index contributed by atoms with van der Waals surface area (Å²) in [4.78, 5) is 15.4. The zero-order valence-electron chi connectivity index (χ0n) is 10.9. The Labute approximate surface area is 112 Å². The van der Waals surface area contributed by atoms with E-state index in [9.17, 15) is 13.2 Å². The molecule has 0 bridgehead atoms. The number of benzene rings is 1. The van der Waals surface area contributed by atoms with Crippen molar-refractivity contribution in [3.8, 4) is 0 Å². The molecule has 6 nitrogen and oxygen atoms in total. The van der Waals surface area contributed by atoms with E-state index >= 15 is 0 Å². The summed E-state index contributed by atoms with van der Waals surface area (Å²) in [7, 11) is -2.36. The molecule has 19 heavy (non-hydrogen) atoms. The number of nitrogens with zero attached hydrogens (tertiary/aromatic N) is 1. The smallest absolute Gasteiger partial charge is 0.303 e. The Bertz CT molecular complexity index is 520. The van der Waals surface area contributed by atoms with E-state index in [1.807, 2.05) is 0 Å². The molecule has 1 aromatic rings. The summed E-state index contributed by atoms with van der Waals surface area (Å²) in [6, 6.07) is 6.13. The molecule has 0 aliphatic carbocycles. The van der Waals surface area contributed by atoms with Crippen molar-refractivity contribution in [2.45, 2.75) is 24.7 Å². The number of rotatable bonds is 7. The molecule has 1 N–H and O–H groups in total. The average molecular weight is 287 g/mol. The molecular weight excluding hydrogens is 270 g/mol. The van der Waals surface area contributed by atoms with Gasteiger partial charge in [0.2, 0.25) is 0 Å². The summed E-state index contributed by atoms with van der Waals surface area (Å²) < 4.78 is 25.0. The maximum Gasteiger partial charge on any atom is 0.303 e. The van der Waals surface area contributed by atoms with Gasteiger partial charge in [0, 0.05) is 13.0 Å². The van der Waals surface area contributed by atoms with Crippen LogP contribution in [0.15, 0.2) is 29.2 Å². The Hall–Kier alpha value is -1.44. The third-order valence-electron chi connectivity index (χ3n) is 2.58. The monoisotopic (exact) mass is 287 g/mol. The van der Waals surface area contributed by atoms with Crippen LogP contribution in [0.25, 0.3) is 0 Å². The van der Waals surface area contributed by atoms with Gasteiger partial charge in [0.05, 0.1) is 12.0 Å². The minimum atomic E-state index is -3.65. The van der Waals surface area contributed by atoms with E-state index in [1.54, 1.807) is 19.1 Å². The second-order valence-electron chi connectivity index (χ2n) is 3.84. The molecule has 1 aromatic carbocycles. The van der Waals surface area contributed by atoms with Crippen molar-refractivity contribution in [2.24, 2.45) is 0 Å². The number of aryl methyl sites for hydroxylation is 1. The fourth-order valence-corrected chi connectivity index (χ4v) is 2.85. The van der Waals surface area contributed by atoms with E-state index in [0.717, 1.165) is 10.0 Å². The molecule has 7 heteroatoms. The molecule has 0 aliphatic heterocycles. The van der Waals surface area contributed by atoms with Crippen LogP contribution in [0.3, 0.4) is 0 Å². The highest BCUT2D eigenvalue weighted by Crippen LogP contribution is 2.16. The maximum absolute atomic E-state index is 12.1. The summed E-state index contributed by atoms with van der Waals surface area (Å²) in [6.07, 6.45) is 0.392. The molecule has 0 amide bonds. The van der Waals surface area contributed by atoms with Crippen LogP contribution < -0.4 is 0 Å². The van der Waals surface area contributed by atoms with E-state index in [2.05, 4.69) is 0 Å². The fraction of sp³-hybridized carbons (Fsp3) is 0.417. The molecule has 0 saturated carbocycles. The Kier molecular flexibility index (Phi) is 5.46. The Morgan fingerprint density at radius 1 is 1.32 bits per heavy atom. The number of carboxylic acids is 1. The molecule has 0 heterocycles. The first-order chi connectivity index (χ1) is 8.91. The fourth-order valence-electron chi connectivity index (χ4n) is 1.59. The molecule has 0 spiro atoms. The van der Waals surface area contributed by atoms with Crippen LogP contribution in [-0.2, 0) is 26.1 Å². The van der Waals surface area contributed by atoms with Gasteiger partial charge in [0.15, 0.2) is 0 Å². The summed E-state index contributed by atoms with van der Waals surface area (Å²) >= 11 is 0. The first-order valence-corrected chi connectivity index (χ1v) is 7.23.